The van der Waals surface area contributed by atoms with Gasteiger partial charge in [-0.25, -0.2) is 4.98 Å². The minimum absolute atomic E-state index is 0.113. The third-order valence-electron chi connectivity index (χ3n) is 3.93. The molecule has 124 valence electrons. The van der Waals surface area contributed by atoms with Gasteiger partial charge in [0.15, 0.2) is 0 Å². The number of hydrogen-bond acceptors (Lipinski definition) is 5. The number of rotatable bonds is 6. The summed E-state index contributed by atoms with van der Waals surface area (Å²) in [5.41, 5.74) is 2.18. The second-order valence-electron chi connectivity index (χ2n) is 5.91. The van der Waals surface area contributed by atoms with Crippen LogP contribution in [0.25, 0.3) is 10.2 Å². The fourth-order valence-electron chi connectivity index (χ4n) is 2.57. The van der Waals surface area contributed by atoms with Gasteiger partial charge in [-0.15, -0.1) is 11.3 Å². The highest BCUT2D eigenvalue weighted by molar-refractivity contribution is 7.18. The number of fused-ring (bicyclic) bond motifs is 1. The Morgan fingerprint density at radius 2 is 2.43 bits per heavy atom. The third-order valence-corrected chi connectivity index (χ3v) is 4.96. The van der Waals surface area contributed by atoms with Crippen molar-refractivity contribution >= 4 is 27.5 Å². The van der Waals surface area contributed by atoms with Gasteiger partial charge in [-0.2, -0.15) is 0 Å². The van der Waals surface area contributed by atoms with Gasteiger partial charge in [0.25, 0.3) is 0 Å². The number of amides is 1. The lowest BCUT2D eigenvalue weighted by molar-refractivity contribution is -0.133. The van der Waals surface area contributed by atoms with Crippen molar-refractivity contribution in [1.29, 1.82) is 0 Å². The predicted molar refractivity (Wildman–Crippen MR) is 90.6 cm³/mol. The largest absolute Gasteiger partial charge is 0.376 e. The van der Waals surface area contributed by atoms with Gasteiger partial charge in [-0.1, -0.05) is 6.07 Å². The summed E-state index contributed by atoms with van der Waals surface area (Å²) in [5, 5.41) is 3.80. The Morgan fingerprint density at radius 1 is 1.57 bits per heavy atom. The number of nitrogens with one attached hydrogen (secondary N) is 1. The van der Waals surface area contributed by atoms with E-state index in [0.717, 1.165) is 34.7 Å². The molecule has 0 saturated carbocycles. The molecule has 1 aromatic heterocycles. The molecular formula is C17H22N2O3S. The minimum Gasteiger partial charge on any atom is -0.376 e. The minimum atomic E-state index is -0.476. The Balaban J connectivity index is 1.48. The summed E-state index contributed by atoms with van der Waals surface area (Å²) in [6.45, 7) is 5.53. The van der Waals surface area contributed by atoms with Gasteiger partial charge < -0.3 is 14.8 Å². The molecule has 5 nitrogen and oxygen atoms in total. The normalized spacial score (nSPS) is 19.1. The summed E-state index contributed by atoms with van der Waals surface area (Å²) in [6, 6.07) is 6.20. The SMILES string of the molecule is Cc1ccc2sc(CNC(=O)[C@@H](C)OC[C@@H]3CCCO3)nc2c1. The quantitative estimate of drug-likeness (QED) is 0.882. The number of carbonyl (C=O) groups excluding carboxylic acids is 1. The summed E-state index contributed by atoms with van der Waals surface area (Å²) < 4.78 is 12.2. The summed E-state index contributed by atoms with van der Waals surface area (Å²) in [7, 11) is 0. The lowest BCUT2D eigenvalue weighted by Gasteiger charge is -2.15. The molecule has 1 amide bonds. The monoisotopic (exact) mass is 334 g/mol. The molecule has 1 N–H and O–H groups in total. The van der Waals surface area contributed by atoms with Crippen LogP contribution >= 0.6 is 11.3 Å². The molecule has 1 saturated heterocycles. The van der Waals surface area contributed by atoms with E-state index >= 15 is 0 Å². The predicted octanol–water partition coefficient (Wildman–Crippen LogP) is 2.81. The van der Waals surface area contributed by atoms with Crippen LogP contribution in [0, 0.1) is 6.92 Å². The molecule has 0 spiro atoms. The van der Waals surface area contributed by atoms with Crippen LogP contribution in [0.2, 0.25) is 0 Å². The Hall–Kier alpha value is -1.50. The van der Waals surface area contributed by atoms with Crippen molar-refractivity contribution in [3.8, 4) is 0 Å². The number of nitrogens with zero attached hydrogens (tertiary/aromatic N) is 1. The Labute approximate surface area is 140 Å². The summed E-state index contributed by atoms with van der Waals surface area (Å²) in [4.78, 5) is 16.6. The highest BCUT2D eigenvalue weighted by Crippen LogP contribution is 2.22. The van der Waals surface area contributed by atoms with Crippen LogP contribution in [-0.4, -0.2) is 36.3 Å². The Kier molecular flexibility index (Phi) is 5.25. The average molecular weight is 334 g/mol. The molecule has 23 heavy (non-hydrogen) atoms. The number of thiazole rings is 1. The maximum absolute atomic E-state index is 12.1. The topological polar surface area (TPSA) is 60.5 Å². The zero-order valence-electron chi connectivity index (χ0n) is 13.5. The first-order chi connectivity index (χ1) is 11.1. The average Bonchev–Trinajstić information content (AvgIpc) is 3.18. The highest BCUT2D eigenvalue weighted by Gasteiger charge is 2.20. The molecule has 1 aliphatic heterocycles. The zero-order chi connectivity index (χ0) is 16.2. The second-order valence-corrected chi connectivity index (χ2v) is 7.02. The van der Waals surface area contributed by atoms with Crippen LogP contribution in [0.1, 0.15) is 30.3 Å². The number of hydrogen-bond donors (Lipinski definition) is 1. The molecule has 2 atom stereocenters. The molecule has 2 aromatic rings. The van der Waals surface area contributed by atoms with E-state index in [0.29, 0.717) is 13.2 Å². The molecule has 1 aromatic carbocycles. The van der Waals surface area contributed by atoms with E-state index < -0.39 is 6.10 Å². The van der Waals surface area contributed by atoms with Gasteiger partial charge in [0.05, 0.1) is 29.5 Å². The van der Waals surface area contributed by atoms with Crippen LogP contribution in [0.15, 0.2) is 18.2 Å². The summed E-state index contributed by atoms with van der Waals surface area (Å²) >= 11 is 1.61. The molecule has 0 bridgehead atoms. The van der Waals surface area contributed by atoms with Gasteiger partial charge in [0.1, 0.15) is 11.1 Å². The number of carbonyl (C=O) groups is 1. The van der Waals surface area contributed by atoms with Gasteiger partial charge in [-0.3, -0.25) is 4.79 Å². The first kappa shape index (κ1) is 16.4. The van der Waals surface area contributed by atoms with Crippen molar-refractivity contribution in [2.45, 2.75) is 45.4 Å². The van der Waals surface area contributed by atoms with Crippen LogP contribution in [0.4, 0.5) is 0 Å². The molecule has 0 aliphatic carbocycles. The molecule has 1 aliphatic rings. The molecule has 3 rings (SSSR count). The van der Waals surface area contributed by atoms with E-state index in [2.05, 4.69) is 28.5 Å². The van der Waals surface area contributed by atoms with Crippen molar-refractivity contribution in [3.63, 3.8) is 0 Å². The first-order valence-corrected chi connectivity index (χ1v) is 8.80. The second kappa shape index (κ2) is 7.38. The van der Waals surface area contributed by atoms with Gasteiger partial charge >= 0.3 is 0 Å². The molecule has 0 unspecified atom stereocenters. The summed E-state index contributed by atoms with van der Waals surface area (Å²) in [6.07, 6.45) is 1.75. The van der Waals surface area contributed by atoms with Crippen LogP contribution < -0.4 is 5.32 Å². The van der Waals surface area contributed by atoms with Gasteiger partial charge in [0, 0.05) is 6.61 Å². The zero-order valence-corrected chi connectivity index (χ0v) is 14.3. The van der Waals surface area contributed by atoms with E-state index in [1.165, 1.54) is 5.56 Å². The Bertz CT molecular complexity index is 680. The molecule has 2 heterocycles. The van der Waals surface area contributed by atoms with Gasteiger partial charge in [0.2, 0.25) is 5.91 Å². The molecule has 1 fully saturated rings. The highest BCUT2D eigenvalue weighted by atomic mass is 32.1. The van der Waals surface area contributed by atoms with Crippen LogP contribution in [0.5, 0.6) is 0 Å². The lowest BCUT2D eigenvalue weighted by Crippen LogP contribution is -2.35. The van der Waals surface area contributed by atoms with Crippen LogP contribution in [0.3, 0.4) is 0 Å². The maximum atomic E-state index is 12.1. The molecular weight excluding hydrogens is 312 g/mol. The fraction of sp³-hybridized carbons (Fsp3) is 0.529. The smallest absolute Gasteiger partial charge is 0.249 e. The number of aromatic nitrogens is 1. The van der Waals surface area contributed by atoms with Crippen molar-refractivity contribution in [3.05, 3.63) is 28.8 Å². The van der Waals surface area contributed by atoms with Crippen molar-refractivity contribution < 1.29 is 14.3 Å². The third kappa shape index (κ3) is 4.28. The molecule has 6 heteroatoms. The number of aryl methyl sites for hydroxylation is 1. The Morgan fingerprint density at radius 3 is 3.22 bits per heavy atom. The van der Waals surface area contributed by atoms with E-state index in [9.17, 15) is 4.79 Å². The lowest BCUT2D eigenvalue weighted by atomic mass is 10.2. The number of benzene rings is 1. The van der Waals surface area contributed by atoms with Crippen molar-refractivity contribution in [2.75, 3.05) is 13.2 Å². The van der Waals surface area contributed by atoms with Crippen LogP contribution in [-0.2, 0) is 20.8 Å². The van der Waals surface area contributed by atoms with Crippen molar-refractivity contribution in [2.24, 2.45) is 0 Å². The van der Waals surface area contributed by atoms with E-state index in [1.807, 2.05) is 6.92 Å². The maximum Gasteiger partial charge on any atom is 0.249 e. The van der Waals surface area contributed by atoms with E-state index in [-0.39, 0.29) is 12.0 Å². The first-order valence-electron chi connectivity index (χ1n) is 7.99. The molecule has 0 radical (unpaired) electrons. The number of ether oxygens (including phenoxy) is 2. The standard InChI is InChI=1S/C17H22N2O3S/c1-11-5-6-15-14(8-11)19-16(23-15)9-18-17(20)12(2)22-10-13-4-3-7-21-13/h5-6,8,12-13H,3-4,7,9-10H2,1-2H3,(H,18,20)/t12-,13+/m1/s1. The van der Waals surface area contributed by atoms with E-state index in [4.69, 9.17) is 9.47 Å². The van der Waals surface area contributed by atoms with Gasteiger partial charge in [-0.05, 0) is 44.4 Å². The van der Waals surface area contributed by atoms with Crippen molar-refractivity contribution in [1.82, 2.24) is 10.3 Å². The summed E-state index contributed by atoms with van der Waals surface area (Å²) in [5.74, 6) is -0.113. The fourth-order valence-corrected chi connectivity index (χ4v) is 3.46. The van der Waals surface area contributed by atoms with E-state index in [1.54, 1.807) is 18.3 Å².